The maximum atomic E-state index is 13.1. The Morgan fingerprint density at radius 2 is 1.93 bits per heavy atom. The molecule has 154 valence electrons. The molecule has 29 heavy (non-hydrogen) atoms. The van der Waals surface area contributed by atoms with E-state index in [1.54, 1.807) is 18.0 Å². The molecular weight excluding hydrogens is 392 g/mol. The maximum Gasteiger partial charge on any atom is 0.433 e. The molecule has 1 aliphatic heterocycles. The molecule has 0 N–H and O–H groups in total. The van der Waals surface area contributed by atoms with Crippen LogP contribution >= 0.6 is 0 Å². The molecule has 3 rings (SSSR count). The number of halogens is 4. The fourth-order valence-electron chi connectivity index (χ4n) is 3.05. The molecule has 0 radical (unpaired) electrons. The van der Waals surface area contributed by atoms with Crippen LogP contribution in [-0.4, -0.2) is 39.2 Å². The van der Waals surface area contributed by atoms with E-state index < -0.39 is 17.7 Å². The van der Waals surface area contributed by atoms with Crippen LogP contribution in [-0.2, 0) is 11.0 Å². The zero-order chi connectivity index (χ0) is 21.0. The number of nitrogens with zero attached hydrogens (tertiary/aromatic N) is 4. The number of rotatable bonds is 5. The van der Waals surface area contributed by atoms with E-state index in [9.17, 15) is 22.4 Å². The third-order valence-corrected chi connectivity index (χ3v) is 4.46. The highest BCUT2D eigenvalue weighted by Crippen LogP contribution is 2.35. The molecule has 0 aliphatic carbocycles. The summed E-state index contributed by atoms with van der Waals surface area (Å²) in [6.45, 7) is 2.76. The van der Waals surface area contributed by atoms with Gasteiger partial charge in [0.05, 0.1) is 11.9 Å². The Morgan fingerprint density at radius 3 is 2.52 bits per heavy atom. The Labute approximate surface area is 164 Å². The van der Waals surface area contributed by atoms with Crippen molar-refractivity contribution in [3.63, 3.8) is 0 Å². The zero-order valence-electron chi connectivity index (χ0n) is 15.5. The Kier molecular flexibility index (Phi) is 6.09. The van der Waals surface area contributed by atoms with Crippen LogP contribution in [0.2, 0.25) is 0 Å². The number of allylic oxidation sites excluding steroid dienone is 1. The molecule has 0 spiro atoms. The smallest absolute Gasteiger partial charge is 0.433 e. The van der Waals surface area contributed by atoms with E-state index >= 15 is 0 Å². The Balaban J connectivity index is 1.76. The average molecular weight is 410 g/mol. The van der Waals surface area contributed by atoms with Crippen LogP contribution in [0.25, 0.3) is 0 Å². The highest BCUT2D eigenvalue weighted by Gasteiger charge is 2.32. The van der Waals surface area contributed by atoms with Crippen molar-refractivity contribution in [3.8, 4) is 11.6 Å². The molecule has 0 aromatic carbocycles. The Bertz CT molecular complexity index is 892. The first-order valence-electron chi connectivity index (χ1n) is 8.87. The number of alkyl halides is 3. The molecule has 1 saturated heterocycles. The first kappa shape index (κ1) is 20.7. The van der Waals surface area contributed by atoms with Crippen LogP contribution in [0.4, 0.5) is 17.6 Å². The van der Waals surface area contributed by atoms with Gasteiger partial charge < -0.3 is 9.64 Å². The number of piperidine rings is 1. The maximum absolute atomic E-state index is 13.1. The van der Waals surface area contributed by atoms with Gasteiger partial charge in [-0.2, -0.15) is 13.2 Å². The van der Waals surface area contributed by atoms with Gasteiger partial charge in [-0.15, -0.1) is 0 Å². The molecule has 1 fully saturated rings. The summed E-state index contributed by atoms with van der Waals surface area (Å²) in [5, 5.41) is 0. The minimum atomic E-state index is -4.53. The molecule has 0 unspecified atom stereocenters. The van der Waals surface area contributed by atoms with Gasteiger partial charge in [-0.3, -0.25) is 9.78 Å². The van der Waals surface area contributed by atoms with E-state index in [1.807, 2.05) is 0 Å². The summed E-state index contributed by atoms with van der Waals surface area (Å²) in [7, 11) is 0. The van der Waals surface area contributed by atoms with Gasteiger partial charge in [0.1, 0.15) is 17.1 Å². The number of carbonyl (C=O) groups excluding carboxylic acids is 1. The molecule has 10 heteroatoms. The molecule has 0 saturated carbocycles. The first-order chi connectivity index (χ1) is 13.8. The van der Waals surface area contributed by atoms with Gasteiger partial charge in [0.15, 0.2) is 12.1 Å². The number of aldehydes is 1. The summed E-state index contributed by atoms with van der Waals surface area (Å²) < 4.78 is 56.8. The van der Waals surface area contributed by atoms with Crippen molar-refractivity contribution in [2.75, 3.05) is 13.1 Å². The summed E-state index contributed by atoms with van der Waals surface area (Å²) in [5.41, 5.74) is 0.162. The van der Waals surface area contributed by atoms with E-state index in [0.717, 1.165) is 12.3 Å². The quantitative estimate of drug-likeness (QED) is 0.419. The third kappa shape index (κ3) is 5.27. The van der Waals surface area contributed by atoms with Gasteiger partial charge in [-0.05, 0) is 31.9 Å². The summed E-state index contributed by atoms with van der Waals surface area (Å²) in [6, 6.07) is 2.02. The molecule has 0 atom stereocenters. The largest absolute Gasteiger partial charge is 0.436 e. The average Bonchev–Trinajstić information content (AvgIpc) is 2.68. The minimum absolute atomic E-state index is 0.0237. The van der Waals surface area contributed by atoms with E-state index in [2.05, 4.69) is 15.0 Å². The van der Waals surface area contributed by atoms with E-state index in [0.29, 0.717) is 37.3 Å². The minimum Gasteiger partial charge on any atom is -0.436 e. The SMILES string of the molecule is Cc1cnc(C2CCN(C=C(F)C=O)CC2)c(Oc2ccc(C(F)(F)F)nc2)n1. The van der Waals surface area contributed by atoms with Gasteiger partial charge in [-0.1, -0.05) is 0 Å². The lowest BCUT2D eigenvalue weighted by atomic mass is 9.93. The van der Waals surface area contributed by atoms with Crippen LogP contribution in [0.5, 0.6) is 11.6 Å². The molecule has 0 amide bonds. The number of hydrogen-bond acceptors (Lipinski definition) is 6. The van der Waals surface area contributed by atoms with Crippen molar-refractivity contribution in [2.45, 2.75) is 31.9 Å². The topological polar surface area (TPSA) is 68.2 Å². The molecule has 3 heterocycles. The second kappa shape index (κ2) is 8.54. The van der Waals surface area contributed by atoms with Crippen LogP contribution in [0, 0.1) is 6.92 Å². The lowest BCUT2D eigenvalue weighted by Crippen LogP contribution is -2.29. The molecule has 0 bridgehead atoms. The molecule has 6 nitrogen and oxygen atoms in total. The van der Waals surface area contributed by atoms with Crippen LogP contribution < -0.4 is 4.74 Å². The number of hydrogen-bond donors (Lipinski definition) is 0. The number of carbonyl (C=O) groups is 1. The van der Waals surface area contributed by atoms with Crippen molar-refractivity contribution >= 4 is 6.29 Å². The van der Waals surface area contributed by atoms with E-state index in [-0.39, 0.29) is 23.8 Å². The summed E-state index contributed by atoms with van der Waals surface area (Å²) in [6.07, 6.45) is 0.636. The van der Waals surface area contributed by atoms with Crippen LogP contribution in [0.3, 0.4) is 0 Å². The Morgan fingerprint density at radius 1 is 1.21 bits per heavy atom. The second-order valence-electron chi connectivity index (χ2n) is 6.62. The first-order valence-corrected chi connectivity index (χ1v) is 8.87. The highest BCUT2D eigenvalue weighted by molar-refractivity contribution is 5.69. The van der Waals surface area contributed by atoms with Crippen LogP contribution in [0.1, 0.15) is 35.8 Å². The van der Waals surface area contributed by atoms with Gasteiger partial charge in [0.2, 0.25) is 5.88 Å². The van der Waals surface area contributed by atoms with Crippen molar-refractivity contribution in [2.24, 2.45) is 0 Å². The summed E-state index contributed by atoms with van der Waals surface area (Å²) >= 11 is 0. The van der Waals surface area contributed by atoms with Gasteiger partial charge in [0.25, 0.3) is 0 Å². The van der Waals surface area contributed by atoms with Crippen molar-refractivity contribution in [3.05, 3.63) is 53.6 Å². The fraction of sp³-hybridized carbons (Fsp3) is 0.368. The molecular formula is C19H18F4N4O2. The summed E-state index contributed by atoms with van der Waals surface area (Å²) in [4.78, 5) is 24.2. The summed E-state index contributed by atoms with van der Waals surface area (Å²) in [5.74, 6) is -0.533. The van der Waals surface area contributed by atoms with E-state index in [4.69, 9.17) is 4.74 Å². The predicted octanol–water partition coefficient (Wildman–Crippen LogP) is 4.18. The Hall–Kier alpha value is -3.04. The third-order valence-electron chi connectivity index (χ3n) is 4.46. The predicted molar refractivity (Wildman–Crippen MR) is 94.9 cm³/mol. The normalized spacial score (nSPS) is 16.0. The lowest BCUT2D eigenvalue weighted by molar-refractivity contribution is -0.141. The lowest BCUT2D eigenvalue weighted by Gasteiger charge is -2.31. The number of pyridine rings is 1. The fourth-order valence-corrected chi connectivity index (χ4v) is 3.05. The van der Waals surface area contributed by atoms with Crippen molar-refractivity contribution in [1.29, 1.82) is 0 Å². The second-order valence-corrected chi connectivity index (χ2v) is 6.62. The highest BCUT2D eigenvalue weighted by atomic mass is 19.4. The molecule has 2 aromatic heterocycles. The number of ether oxygens (including phenoxy) is 1. The number of aryl methyl sites for hydroxylation is 1. The van der Waals surface area contributed by atoms with Gasteiger partial charge >= 0.3 is 6.18 Å². The van der Waals surface area contributed by atoms with Crippen molar-refractivity contribution in [1.82, 2.24) is 19.9 Å². The monoisotopic (exact) mass is 410 g/mol. The molecule has 1 aliphatic rings. The zero-order valence-corrected chi connectivity index (χ0v) is 15.5. The number of likely N-dealkylation sites (tertiary alicyclic amines) is 1. The standard InChI is InChI=1S/C19H18F4N4O2/c1-12-8-25-17(13-4-6-27(7-5-13)10-14(20)11-28)18(26-12)29-15-2-3-16(24-9-15)19(21,22)23/h2-3,8-11,13H,4-7H2,1H3. The van der Waals surface area contributed by atoms with Gasteiger partial charge in [-0.25, -0.2) is 14.4 Å². The van der Waals surface area contributed by atoms with Crippen molar-refractivity contribution < 1.29 is 27.1 Å². The van der Waals surface area contributed by atoms with Gasteiger partial charge in [0, 0.05) is 31.4 Å². The van der Waals surface area contributed by atoms with Crippen LogP contribution in [0.15, 0.2) is 36.6 Å². The number of aromatic nitrogens is 3. The molecule has 2 aromatic rings. The van der Waals surface area contributed by atoms with E-state index in [1.165, 1.54) is 12.3 Å².